The van der Waals surface area contributed by atoms with E-state index in [1.807, 2.05) is 13.8 Å². The van der Waals surface area contributed by atoms with E-state index in [1.165, 1.54) is 7.05 Å². The minimum atomic E-state index is -1.04. The molecule has 0 saturated heterocycles. The van der Waals surface area contributed by atoms with E-state index in [1.54, 1.807) is 20.8 Å². The lowest BCUT2D eigenvalue weighted by molar-refractivity contribution is -0.190. The van der Waals surface area contributed by atoms with Gasteiger partial charge in [-0.3, -0.25) is 19.6 Å². The number of amides is 3. The molecule has 0 aliphatic carbocycles. The Balaban J connectivity index is 5.15. The van der Waals surface area contributed by atoms with Crippen LogP contribution in [0.1, 0.15) is 47.5 Å². The summed E-state index contributed by atoms with van der Waals surface area (Å²) in [4.78, 5) is 35.6. The Morgan fingerprint density at radius 1 is 1.23 bits per heavy atom. The molecule has 0 aromatic rings. The number of nitrogens with one attached hydrogen (secondary N) is 1. The molecule has 0 saturated carbocycles. The van der Waals surface area contributed by atoms with Crippen LogP contribution in [-0.4, -0.2) is 41.1 Å². The van der Waals surface area contributed by atoms with Gasteiger partial charge >= 0.3 is 0 Å². The number of nitrogens with two attached hydrogens (primary N) is 1. The van der Waals surface area contributed by atoms with E-state index in [9.17, 15) is 19.6 Å². The molecule has 0 aromatic carbocycles. The monoisotopic (exact) mass is 315 g/mol. The van der Waals surface area contributed by atoms with Gasteiger partial charge in [0.1, 0.15) is 6.04 Å². The van der Waals surface area contributed by atoms with Crippen LogP contribution in [-0.2, 0) is 14.4 Å². The van der Waals surface area contributed by atoms with E-state index in [4.69, 9.17) is 5.73 Å². The number of rotatable bonds is 7. The molecular weight excluding hydrogens is 286 g/mol. The van der Waals surface area contributed by atoms with Crippen LogP contribution >= 0.6 is 0 Å². The first-order valence-corrected chi connectivity index (χ1v) is 7.43. The summed E-state index contributed by atoms with van der Waals surface area (Å²) in [6, 6.07) is -1.04. The number of hydrogen-bond donors (Lipinski definition) is 3. The number of likely N-dealkylation sites (N-methyl/N-ethyl adjacent to an activating group) is 1. The minimum Gasteiger partial charge on any atom is -0.369 e. The molecular formula is C15H29N3O4. The normalized spacial score (nSPS) is 14.4. The Morgan fingerprint density at radius 3 is 2.05 bits per heavy atom. The summed E-state index contributed by atoms with van der Waals surface area (Å²) in [5.41, 5.74) is 4.65. The maximum absolute atomic E-state index is 12.2. The van der Waals surface area contributed by atoms with Crippen molar-refractivity contribution in [3.63, 3.8) is 0 Å². The van der Waals surface area contributed by atoms with E-state index in [-0.39, 0.29) is 12.3 Å². The van der Waals surface area contributed by atoms with E-state index in [0.29, 0.717) is 11.5 Å². The third-order valence-electron chi connectivity index (χ3n) is 3.39. The molecule has 0 aromatic heterocycles. The highest BCUT2D eigenvalue weighted by molar-refractivity contribution is 5.89. The number of primary amides is 1. The van der Waals surface area contributed by atoms with Crippen LogP contribution < -0.4 is 11.1 Å². The second kappa shape index (κ2) is 8.12. The fourth-order valence-corrected chi connectivity index (χ4v) is 2.33. The van der Waals surface area contributed by atoms with Crippen molar-refractivity contribution in [2.75, 3.05) is 7.05 Å². The zero-order chi connectivity index (χ0) is 17.7. The number of hydrogen-bond acceptors (Lipinski definition) is 4. The Kier molecular flexibility index (Phi) is 7.52. The average molecular weight is 315 g/mol. The van der Waals surface area contributed by atoms with Crippen molar-refractivity contribution in [1.29, 1.82) is 0 Å². The fourth-order valence-electron chi connectivity index (χ4n) is 2.33. The van der Waals surface area contributed by atoms with Gasteiger partial charge in [-0.15, -0.1) is 0 Å². The van der Waals surface area contributed by atoms with Crippen molar-refractivity contribution >= 4 is 17.7 Å². The summed E-state index contributed by atoms with van der Waals surface area (Å²) in [5, 5.41) is 13.0. The molecule has 0 heterocycles. The molecule has 0 aliphatic heterocycles. The van der Waals surface area contributed by atoms with Crippen molar-refractivity contribution in [3.8, 4) is 0 Å². The number of carbonyl (C=O) groups is 3. The molecule has 7 nitrogen and oxygen atoms in total. The van der Waals surface area contributed by atoms with Crippen molar-refractivity contribution in [1.82, 2.24) is 10.4 Å². The largest absolute Gasteiger partial charge is 0.369 e. The van der Waals surface area contributed by atoms with Gasteiger partial charge in [-0.2, -0.15) is 0 Å². The SMILES string of the molecule is CNC(=O)[C@@H](N(O)C(=O)C[C@@H](CC(C)C)C(N)=O)C(C)(C)C. The van der Waals surface area contributed by atoms with Crippen molar-refractivity contribution in [3.05, 3.63) is 0 Å². The van der Waals surface area contributed by atoms with Gasteiger partial charge in [0.2, 0.25) is 17.7 Å². The Labute approximate surface area is 132 Å². The van der Waals surface area contributed by atoms with Crippen LogP contribution in [0.15, 0.2) is 0 Å². The Hall–Kier alpha value is -1.63. The van der Waals surface area contributed by atoms with Gasteiger partial charge < -0.3 is 11.1 Å². The standard InChI is InChI=1S/C15H29N3O4/c1-9(2)7-10(13(16)20)8-11(19)18(22)12(14(21)17-6)15(3,4)5/h9-10,12,22H,7-8H2,1-6H3,(H2,16,20)(H,17,21)/t10-,12-/m1/s1. The molecule has 0 spiro atoms. The van der Waals surface area contributed by atoms with Crippen molar-refractivity contribution < 1.29 is 19.6 Å². The molecule has 4 N–H and O–H groups in total. The van der Waals surface area contributed by atoms with Gasteiger partial charge in [0.15, 0.2) is 0 Å². The Morgan fingerprint density at radius 2 is 1.73 bits per heavy atom. The maximum Gasteiger partial charge on any atom is 0.247 e. The zero-order valence-corrected chi connectivity index (χ0v) is 14.3. The summed E-state index contributed by atoms with van der Waals surface area (Å²) in [6.07, 6.45) is 0.239. The van der Waals surface area contributed by atoms with Gasteiger partial charge in [-0.1, -0.05) is 34.6 Å². The summed E-state index contributed by atoms with van der Waals surface area (Å²) in [6.45, 7) is 9.05. The maximum atomic E-state index is 12.2. The second-order valence-corrected chi connectivity index (χ2v) is 7.05. The average Bonchev–Trinajstić information content (AvgIpc) is 2.35. The predicted molar refractivity (Wildman–Crippen MR) is 82.7 cm³/mol. The number of hydroxylamine groups is 2. The summed E-state index contributed by atoms with van der Waals surface area (Å²) in [5.74, 6) is -2.21. The molecule has 3 amide bonds. The Bertz CT molecular complexity index is 416. The molecule has 0 aliphatic rings. The van der Waals surface area contributed by atoms with E-state index in [0.717, 1.165) is 0 Å². The van der Waals surface area contributed by atoms with Crippen LogP contribution in [0.3, 0.4) is 0 Å². The fraction of sp³-hybridized carbons (Fsp3) is 0.800. The first kappa shape index (κ1) is 20.4. The topological polar surface area (TPSA) is 113 Å². The van der Waals surface area contributed by atoms with Gasteiger partial charge in [-0.05, 0) is 17.8 Å². The summed E-state index contributed by atoms with van der Waals surface area (Å²) >= 11 is 0. The number of nitrogens with zero attached hydrogens (tertiary/aromatic N) is 1. The van der Waals surface area contributed by atoms with Crippen LogP contribution in [0.2, 0.25) is 0 Å². The molecule has 128 valence electrons. The molecule has 0 rings (SSSR count). The van der Waals surface area contributed by atoms with Crippen LogP contribution in [0.25, 0.3) is 0 Å². The lowest BCUT2D eigenvalue weighted by atomic mass is 9.85. The lowest BCUT2D eigenvalue weighted by Crippen LogP contribution is -2.54. The quantitative estimate of drug-likeness (QED) is 0.478. The molecule has 0 fully saturated rings. The van der Waals surface area contributed by atoms with Gasteiger partial charge in [0.25, 0.3) is 0 Å². The zero-order valence-electron chi connectivity index (χ0n) is 14.3. The van der Waals surface area contributed by atoms with Crippen molar-refractivity contribution in [2.24, 2.45) is 23.0 Å². The predicted octanol–water partition coefficient (Wildman–Crippen LogP) is 0.903. The molecule has 0 bridgehead atoms. The molecule has 22 heavy (non-hydrogen) atoms. The van der Waals surface area contributed by atoms with Gasteiger partial charge in [-0.25, -0.2) is 5.06 Å². The lowest BCUT2D eigenvalue weighted by Gasteiger charge is -2.35. The highest BCUT2D eigenvalue weighted by Gasteiger charge is 2.39. The third kappa shape index (κ3) is 6.01. The van der Waals surface area contributed by atoms with Gasteiger partial charge in [0, 0.05) is 19.4 Å². The highest BCUT2D eigenvalue weighted by Crippen LogP contribution is 2.25. The first-order chi connectivity index (χ1) is 9.91. The van der Waals surface area contributed by atoms with Gasteiger partial charge in [0.05, 0.1) is 0 Å². The van der Waals surface area contributed by atoms with Crippen LogP contribution in [0.4, 0.5) is 0 Å². The van der Waals surface area contributed by atoms with E-state index >= 15 is 0 Å². The molecule has 0 radical (unpaired) electrons. The second-order valence-electron chi connectivity index (χ2n) is 7.05. The molecule has 2 atom stereocenters. The van der Waals surface area contributed by atoms with Crippen molar-refractivity contribution in [2.45, 2.75) is 53.5 Å². The molecule has 7 heteroatoms. The van der Waals surface area contributed by atoms with E-state index in [2.05, 4.69) is 5.32 Å². The minimum absolute atomic E-state index is 0.190. The summed E-state index contributed by atoms with van der Waals surface area (Å²) in [7, 11) is 1.43. The highest BCUT2D eigenvalue weighted by atomic mass is 16.5. The molecule has 0 unspecified atom stereocenters. The van der Waals surface area contributed by atoms with Crippen LogP contribution in [0.5, 0.6) is 0 Å². The summed E-state index contributed by atoms with van der Waals surface area (Å²) < 4.78 is 0. The first-order valence-electron chi connectivity index (χ1n) is 7.43. The smallest absolute Gasteiger partial charge is 0.247 e. The third-order valence-corrected chi connectivity index (χ3v) is 3.39. The van der Waals surface area contributed by atoms with E-state index < -0.39 is 35.1 Å². The number of carbonyl (C=O) groups excluding carboxylic acids is 3. The van der Waals surface area contributed by atoms with Crippen LogP contribution in [0, 0.1) is 17.3 Å².